The van der Waals surface area contributed by atoms with E-state index in [4.69, 9.17) is 4.74 Å². The second-order valence-corrected chi connectivity index (χ2v) is 18.3. The Labute approximate surface area is 269 Å². The number of rotatable bonds is 4. The summed E-state index contributed by atoms with van der Waals surface area (Å²) in [6, 6.07) is -3.61. The molecule has 2 fully saturated rings. The molecule has 252 valence electrons. The number of amides is 5. The standard InChI is InChI=1S/C32H53N5O7Si/c1-11-21(4)26-31(42)36(7)27(20(2)3)32(43)35(6)22(5)28(39)33-17-16-25(38)44-24(15-13-19-45(8,9)10)30(41)37-18-12-14-23(37)29(40)34-26/h20-24,26-27H,11-12,14-18H2,1-10H3,(H,33,39)(H,34,40)/t21-,22-,23-,24?,26+,27-/m0/s1. The fourth-order valence-corrected chi connectivity index (χ4v) is 6.12. The third-order valence-corrected chi connectivity index (χ3v) is 9.43. The Kier molecular flexibility index (Phi) is 13.6. The van der Waals surface area contributed by atoms with E-state index >= 15 is 0 Å². The molecule has 0 aromatic rings. The number of likely N-dealkylation sites (N-methyl/N-ethyl adjacent to an activating group) is 2. The molecule has 0 aromatic heterocycles. The van der Waals surface area contributed by atoms with Crippen molar-refractivity contribution in [3.05, 3.63) is 0 Å². The van der Waals surface area contributed by atoms with Gasteiger partial charge in [0.25, 0.3) is 5.91 Å². The maximum absolute atomic E-state index is 14.0. The zero-order chi connectivity index (χ0) is 34.2. The molecule has 45 heavy (non-hydrogen) atoms. The Morgan fingerprint density at radius 2 is 1.60 bits per heavy atom. The first-order valence-corrected chi connectivity index (χ1v) is 19.5. The number of cyclic esters (lactones) is 1. The first-order valence-electron chi connectivity index (χ1n) is 16.0. The molecule has 0 aromatic carbocycles. The Balaban J connectivity index is 2.56. The van der Waals surface area contributed by atoms with Gasteiger partial charge in [-0.15, -0.1) is 11.5 Å². The fraction of sp³-hybridized carbons (Fsp3) is 0.750. The molecular weight excluding hydrogens is 594 g/mol. The van der Waals surface area contributed by atoms with Gasteiger partial charge in [-0.1, -0.05) is 53.8 Å². The zero-order valence-electron chi connectivity index (χ0n) is 28.7. The highest BCUT2D eigenvalue weighted by molar-refractivity contribution is 6.83. The number of hydrogen-bond donors (Lipinski definition) is 2. The van der Waals surface area contributed by atoms with Crippen LogP contribution in [-0.4, -0.2) is 116 Å². The number of nitrogens with zero attached hydrogens (tertiary/aromatic N) is 3. The molecular formula is C32H53N5O7Si. The quantitative estimate of drug-likeness (QED) is 0.268. The van der Waals surface area contributed by atoms with Crippen LogP contribution in [0.3, 0.4) is 0 Å². The minimum atomic E-state index is -1.78. The highest BCUT2D eigenvalue weighted by atomic mass is 28.3. The largest absolute Gasteiger partial charge is 0.451 e. The molecule has 0 radical (unpaired) electrons. The summed E-state index contributed by atoms with van der Waals surface area (Å²) in [6.45, 7) is 15.4. The molecule has 0 bridgehead atoms. The van der Waals surface area contributed by atoms with Crippen LogP contribution in [-0.2, 0) is 33.5 Å². The van der Waals surface area contributed by atoms with E-state index in [9.17, 15) is 28.8 Å². The second-order valence-electron chi connectivity index (χ2n) is 13.6. The van der Waals surface area contributed by atoms with Crippen molar-refractivity contribution in [2.75, 3.05) is 27.2 Å². The van der Waals surface area contributed by atoms with Crippen molar-refractivity contribution >= 4 is 43.6 Å². The van der Waals surface area contributed by atoms with E-state index in [1.54, 1.807) is 6.92 Å². The van der Waals surface area contributed by atoms with Gasteiger partial charge in [0.2, 0.25) is 23.6 Å². The third-order valence-electron chi connectivity index (χ3n) is 8.50. The van der Waals surface area contributed by atoms with Crippen molar-refractivity contribution in [3.8, 4) is 11.5 Å². The molecule has 2 N–H and O–H groups in total. The van der Waals surface area contributed by atoms with E-state index in [-0.39, 0.29) is 31.2 Å². The van der Waals surface area contributed by atoms with E-state index in [2.05, 4.69) is 41.7 Å². The smallest absolute Gasteiger partial charge is 0.308 e. The Morgan fingerprint density at radius 3 is 2.18 bits per heavy atom. The van der Waals surface area contributed by atoms with Crippen molar-refractivity contribution in [2.45, 2.75) is 117 Å². The van der Waals surface area contributed by atoms with Gasteiger partial charge in [0.05, 0.1) is 12.8 Å². The van der Waals surface area contributed by atoms with Gasteiger partial charge in [0.15, 0.2) is 6.10 Å². The maximum atomic E-state index is 14.0. The van der Waals surface area contributed by atoms with Crippen molar-refractivity contribution in [1.29, 1.82) is 0 Å². The summed E-state index contributed by atoms with van der Waals surface area (Å²) in [7, 11) is 1.25. The third kappa shape index (κ3) is 10.0. The number of ether oxygens (including phenoxy) is 1. The summed E-state index contributed by atoms with van der Waals surface area (Å²) in [5.41, 5.74) is 3.19. The lowest BCUT2D eigenvalue weighted by Crippen LogP contribution is -2.60. The van der Waals surface area contributed by atoms with Crippen LogP contribution in [0.1, 0.15) is 66.7 Å². The van der Waals surface area contributed by atoms with E-state index in [0.29, 0.717) is 25.8 Å². The summed E-state index contributed by atoms with van der Waals surface area (Å²) in [5, 5.41) is 5.57. The number of fused-ring (bicyclic) bond motifs is 1. The minimum Gasteiger partial charge on any atom is -0.451 e. The van der Waals surface area contributed by atoms with Gasteiger partial charge in [-0.25, -0.2) is 0 Å². The molecule has 0 saturated carbocycles. The Morgan fingerprint density at radius 1 is 0.956 bits per heavy atom. The zero-order valence-corrected chi connectivity index (χ0v) is 29.7. The maximum Gasteiger partial charge on any atom is 0.308 e. The van der Waals surface area contributed by atoms with Gasteiger partial charge in [0, 0.05) is 27.2 Å². The van der Waals surface area contributed by atoms with E-state index in [1.807, 2.05) is 27.7 Å². The lowest BCUT2D eigenvalue weighted by molar-refractivity contribution is -0.161. The molecule has 2 aliphatic rings. The van der Waals surface area contributed by atoms with Crippen molar-refractivity contribution < 1.29 is 33.5 Å². The highest BCUT2D eigenvalue weighted by Gasteiger charge is 2.42. The average Bonchev–Trinajstić information content (AvgIpc) is 3.46. The SMILES string of the molecule is CC[C@H](C)[C@H]1NC(=O)[C@@H]2CCCN2C(=O)C(CC#C[Si](C)(C)C)OC(=O)CCNC(=O)[C@H](C)N(C)C(=O)[C@H](C(C)C)N(C)C1=O. The van der Waals surface area contributed by atoms with Crippen LogP contribution >= 0.6 is 0 Å². The van der Waals surface area contributed by atoms with Crippen molar-refractivity contribution in [3.63, 3.8) is 0 Å². The first kappa shape index (κ1) is 37.8. The molecule has 2 rings (SSSR count). The van der Waals surface area contributed by atoms with Gasteiger partial charge in [-0.05, 0) is 31.6 Å². The lowest BCUT2D eigenvalue weighted by atomic mass is 9.94. The van der Waals surface area contributed by atoms with Gasteiger partial charge in [0.1, 0.15) is 32.2 Å². The lowest BCUT2D eigenvalue weighted by Gasteiger charge is -2.38. The fourth-order valence-electron chi connectivity index (χ4n) is 5.49. The molecule has 2 aliphatic heterocycles. The molecule has 2 heterocycles. The van der Waals surface area contributed by atoms with Crippen LogP contribution in [0.25, 0.3) is 0 Å². The Hall–Kier alpha value is -3.40. The summed E-state index contributed by atoms with van der Waals surface area (Å²) < 4.78 is 5.61. The summed E-state index contributed by atoms with van der Waals surface area (Å²) >= 11 is 0. The molecule has 6 atom stereocenters. The van der Waals surface area contributed by atoms with Crippen LogP contribution in [0.15, 0.2) is 0 Å². The van der Waals surface area contributed by atoms with Crippen LogP contribution in [0.5, 0.6) is 0 Å². The number of carbonyl (C=O) groups excluding carboxylic acids is 6. The molecule has 1 unspecified atom stereocenters. The summed E-state index contributed by atoms with van der Waals surface area (Å²) in [5.74, 6) is -0.585. The monoisotopic (exact) mass is 647 g/mol. The normalized spacial score (nSPS) is 27.4. The van der Waals surface area contributed by atoms with Crippen LogP contribution in [0.2, 0.25) is 19.6 Å². The van der Waals surface area contributed by atoms with E-state index < -0.39 is 73.9 Å². The first-order chi connectivity index (χ1) is 20.9. The molecule has 2 saturated heterocycles. The molecule has 5 amide bonds. The molecule has 13 heteroatoms. The predicted molar refractivity (Wildman–Crippen MR) is 173 cm³/mol. The van der Waals surface area contributed by atoms with Crippen LogP contribution in [0.4, 0.5) is 0 Å². The van der Waals surface area contributed by atoms with Crippen molar-refractivity contribution in [2.24, 2.45) is 11.8 Å². The van der Waals surface area contributed by atoms with E-state index in [1.165, 1.54) is 28.8 Å². The molecule has 12 nitrogen and oxygen atoms in total. The van der Waals surface area contributed by atoms with Gasteiger partial charge in [-0.2, -0.15) is 0 Å². The number of carbonyl (C=O) groups is 6. The van der Waals surface area contributed by atoms with E-state index in [0.717, 1.165) is 0 Å². The predicted octanol–water partition coefficient (Wildman–Crippen LogP) is 1.54. The van der Waals surface area contributed by atoms with Gasteiger partial charge >= 0.3 is 5.97 Å². The number of hydrogen-bond acceptors (Lipinski definition) is 7. The summed E-state index contributed by atoms with van der Waals surface area (Å²) in [4.78, 5) is 85.2. The van der Waals surface area contributed by atoms with Crippen molar-refractivity contribution in [1.82, 2.24) is 25.3 Å². The Bertz CT molecular complexity index is 1190. The highest BCUT2D eigenvalue weighted by Crippen LogP contribution is 2.23. The van der Waals surface area contributed by atoms with Gasteiger partial charge < -0.3 is 30.1 Å². The number of esters is 1. The molecule has 0 aliphatic carbocycles. The van der Waals surface area contributed by atoms with Crippen LogP contribution in [0, 0.1) is 23.3 Å². The topological polar surface area (TPSA) is 145 Å². The summed E-state index contributed by atoms with van der Waals surface area (Å²) in [6.07, 6.45) is 0.0769. The second kappa shape index (κ2) is 16.2. The van der Waals surface area contributed by atoms with Gasteiger partial charge in [-0.3, -0.25) is 28.8 Å². The molecule has 0 spiro atoms. The number of nitrogens with one attached hydrogen (secondary N) is 2. The minimum absolute atomic E-state index is 0.0225. The van der Waals surface area contributed by atoms with Crippen LogP contribution < -0.4 is 10.6 Å². The average molecular weight is 648 g/mol.